The number of nitrogens with zero attached hydrogens (tertiary/aromatic N) is 2. The Bertz CT molecular complexity index is 756. The number of amides is 1. The molecule has 126 valence electrons. The fourth-order valence-corrected chi connectivity index (χ4v) is 3.53. The van der Waals surface area contributed by atoms with Gasteiger partial charge in [0.05, 0.1) is 12.7 Å². The van der Waals surface area contributed by atoms with Gasteiger partial charge in [0.1, 0.15) is 6.10 Å². The smallest absolute Gasteiger partial charge is 0.414 e. The largest absolute Gasteiger partial charge is 0.443 e. The summed E-state index contributed by atoms with van der Waals surface area (Å²) in [5, 5.41) is 7.01. The van der Waals surface area contributed by atoms with Gasteiger partial charge in [-0.05, 0) is 56.5 Å². The molecule has 0 bridgehead atoms. The lowest BCUT2D eigenvalue weighted by atomic mass is 9.92. The predicted octanol–water partition coefficient (Wildman–Crippen LogP) is 2.77. The van der Waals surface area contributed by atoms with Crippen LogP contribution in [0.1, 0.15) is 24.0 Å². The average molecular weight is 327 g/mol. The van der Waals surface area contributed by atoms with E-state index in [0.717, 1.165) is 42.7 Å². The number of aromatic nitrogens is 1. The third-order valence-corrected chi connectivity index (χ3v) is 4.74. The highest BCUT2D eigenvalue weighted by atomic mass is 16.6. The molecule has 1 fully saturated rings. The third kappa shape index (κ3) is 2.67. The number of benzene rings is 1. The zero-order valence-electron chi connectivity index (χ0n) is 13.7. The van der Waals surface area contributed by atoms with Gasteiger partial charge in [-0.2, -0.15) is 0 Å². The molecule has 0 saturated carbocycles. The van der Waals surface area contributed by atoms with Gasteiger partial charge in [0.15, 0.2) is 5.76 Å². The molecule has 4 rings (SSSR count). The zero-order valence-corrected chi connectivity index (χ0v) is 13.7. The van der Waals surface area contributed by atoms with Crippen LogP contribution in [0.3, 0.4) is 0 Å². The first-order chi connectivity index (χ1) is 11.8. The molecule has 2 aliphatic rings. The van der Waals surface area contributed by atoms with Crippen LogP contribution < -0.4 is 10.2 Å². The van der Waals surface area contributed by atoms with E-state index in [2.05, 4.69) is 16.5 Å². The Morgan fingerprint density at radius 2 is 2.12 bits per heavy atom. The van der Waals surface area contributed by atoms with Crippen LogP contribution >= 0.6 is 0 Å². The maximum atomic E-state index is 12.2. The molecule has 1 saturated heterocycles. The summed E-state index contributed by atoms with van der Waals surface area (Å²) in [5.41, 5.74) is 4.35. The molecule has 1 atom stereocenters. The second kappa shape index (κ2) is 6.28. The molecular weight excluding hydrogens is 306 g/mol. The van der Waals surface area contributed by atoms with Gasteiger partial charge in [-0.25, -0.2) is 4.79 Å². The summed E-state index contributed by atoms with van der Waals surface area (Å²) in [6.45, 7) is 1.24. The van der Waals surface area contributed by atoms with E-state index in [1.54, 1.807) is 4.90 Å². The van der Waals surface area contributed by atoms with Crippen molar-refractivity contribution < 1.29 is 14.1 Å². The first-order valence-corrected chi connectivity index (χ1v) is 8.46. The van der Waals surface area contributed by atoms with Crippen molar-refractivity contribution in [2.45, 2.75) is 31.8 Å². The highest BCUT2D eigenvalue weighted by Gasteiger charge is 2.32. The number of likely N-dealkylation sites (N-methyl/N-ethyl adjacent to an activating group) is 1. The molecule has 6 heteroatoms. The lowest BCUT2D eigenvalue weighted by Gasteiger charge is -2.18. The number of carbonyl (C=O) groups is 1. The van der Waals surface area contributed by atoms with Crippen molar-refractivity contribution in [2.75, 3.05) is 25.0 Å². The van der Waals surface area contributed by atoms with Crippen LogP contribution in [0.5, 0.6) is 0 Å². The summed E-state index contributed by atoms with van der Waals surface area (Å²) in [7, 11) is 1.86. The molecule has 0 radical (unpaired) electrons. The molecule has 1 amide bonds. The number of carbonyl (C=O) groups excluding carboxylic acids is 1. The Morgan fingerprint density at radius 1 is 1.29 bits per heavy atom. The fourth-order valence-electron chi connectivity index (χ4n) is 3.53. The van der Waals surface area contributed by atoms with Crippen LogP contribution in [0, 0.1) is 0 Å². The predicted molar refractivity (Wildman–Crippen MR) is 90.1 cm³/mol. The standard InChI is InChI=1S/C18H21N3O3/c1-19-10-15-11-21(18(22)23-15)14-6-7-16-12(8-14)4-2-3-5-13-9-20-24-17(13)16/h6-9,15,19H,2-5,10-11H2,1H3. The van der Waals surface area contributed by atoms with Gasteiger partial charge in [-0.1, -0.05) is 5.16 Å². The van der Waals surface area contributed by atoms with Crippen molar-refractivity contribution in [2.24, 2.45) is 0 Å². The molecule has 1 aliphatic carbocycles. The number of rotatable bonds is 3. The number of nitrogens with one attached hydrogen (secondary N) is 1. The van der Waals surface area contributed by atoms with Gasteiger partial charge >= 0.3 is 6.09 Å². The van der Waals surface area contributed by atoms with Gasteiger partial charge in [-0.3, -0.25) is 4.90 Å². The van der Waals surface area contributed by atoms with Crippen molar-refractivity contribution in [3.05, 3.63) is 35.5 Å². The molecule has 1 aliphatic heterocycles. The van der Waals surface area contributed by atoms with Gasteiger partial charge in [-0.15, -0.1) is 0 Å². The topological polar surface area (TPSA) is 67.6 Å². The Hall–Kier alpha value is -2.34. The number of hydrogen-bond donors (Lipinski definition) is 1. The minimum Gasteiger partial charge on any atom is -0.443 e. The summed E-state index contributed by atoms with van der Waals surface area (Å²) < 4.78 is 10.9. The first kappa shape index (κ1) is 15.2. The van der Waals surface area contributed by atoms with Crippen LogP contribution in [-0.2, 0) is 17.6 Å². The number of ether oxygens (including phenoxy) is 1. The molecule has 2 heterocycles. The number of anilines is 1. The lowest BCUT2D eigenvalue weighted by molar-refractivity contribution is 0.141. The SMILES string of the molecule is CNCC1CN(c2ccc3c(c2)CCCCc2cnoc2-3)C(=O)O1. The van der Waals surface area contributed by atoms with Crippen LogP contribution in [0.2, 0.25) is 0 Å². The summed E-state index contributed by atoms with van der Waals surface area (Å²) in [5.74, 6) is 0.869. The molecule has 6 nitrogen and oxygen atoms in total. The highest BCUT2D eigenvalue weighted by Crippen LogP contribution is 2.34. The first-order valence-electron chi connectivity index (χ1n) is 8.46. The third-order valence-electron chi connectivity index (χ3n) is 4.74. The van der Waals surface area contributed by atoms with Crippen LogP contribution in [0.4, 0.5) is 10.5 Å². The zero-order chi connectivity index (χ0) is 16.5. The number of hydrogen-bond acceptors (Lipinski definition) is 5. The molecule has 1 aromatic heterocycles. The Labute approximate surface area is 140 Å². The molecule has 1 unspecified atom stereocenters. The molecule has 24 heavy (non-hydrogen) atoms. The van der Waals surface area contributed by atoms with Gasteiger partial charge < -0.3 is 14.6 Å². The lowest BCUT2D eigenvalue weighted by Crippen LogP contribution is -2.29. The monoisotopic (exact) mass is 327 g/mol. The highest BCUT2D eigenvalue weighted by molar-refractivity contribution is 5.90. The number of aryl methyl sites for hydroxylation is 2. The van der Waals surface area contributed by atoms with E-state index in [9.17, 15) is 4.79 Å². The van der Waals surface area contributed by atoms with Crippen LogP contribution in [0.25, 0.3) is 11.3 Å². The maximum absolute atomic E-state index is 12.2. The van der Waals surface area contributed by atoms with E-state index >= 15 is 0 Å². The normalized spacial score (nSPS) is 20.1. The summed E-state index contributed by atoms with van der Waals surface area (Å²) >= 11 is 0. The molecule has 1 aromatic carbocycles. The van der Waals surface area contributed by atoms with E-state index in [1.165, 1.54) is 11.1 Å². The second-order valence-electron chi connectivity index (χ2n) is 6.40. The summed E-state index contributed by atoms with van der Waals surface area (Å²) in [6.07, 6.45) is 5.66. The van der Waals surface area contributed by atoms with Crippen LogP contribution in [-0.4, -0.2) is 37.5 Å². The molecule has 1 N–H and O–H groups in total. The Morgan fingerprint density at radius 3 is 2.96 bits per heavy atom. The minimum atomic E-state index is -0.276. The van der Waals surface area contributed by atoms with Crippen molar-refractivity contribution in [3.8, 4) is 11.3 Å². The van der Waals surface area contributed by atoms with Crippen molar-refractivity contribution >= 4 is 11.8 Å². The number of fused-ring (bicyclic) bond motifs is 3. The van der Waals surface area contributed by atoms with Gasteiger partial charge in [0.25, 0.3) is 0 Å². The quantitative estimate of drug-likeness (QED) is 0.939. The van der Waals surface area contributed by atoms with Crippen molar-refractivity contribution in [1.29, 1.82) is 0 Å². The summed E-state index contributed by atoms with van der Waals surface area (Å²) in [4.78, 5) is 13.9. The Kier molecular flexibility index (Phi) is 3.98. The van der Waals surface area contributed by atoms with E-state index in [0.29, 0.717) is 13.1 Å². The van der Waals surface area contributed by atoms with E-state index in [4.69, 9.17) is 9.26 Å². The van der Waals surface area contributed by atoms with Crippen molar-refractivity contribution in [3.63, 3.8) is 0 Å². The van der Waals surface area contributed by atoms with Gasteiger partial charge in [0, 0.05) is 23.4 Å². The number of cyclic esters (lactones) is 1. The van der Waals surface area contributed by atoms with E-state index in [1.807, 2.05) is 25.4 Å². The Balaban J connectivity index is 1.67. The van der Waals surface area contributed by atoms with E-state index < -0.39 is 0 Å². The summed E-state index contributed by atoms with van der Waals surface area (Å²) in [6, 6.07) is 6.10. The molecular formula is C18H21N3O3. The molecule has 0 spiro atoms. The van der Waals surface area contributed by atoms with Crippen LogP contribution in [0.15, 0.2) is 28.9 Å². The minimum absolute atomic E-state index is 0.106. The fraction of sp³-hybridized carbons (Fsp3) is 0.444. The van der Waals surface area contributed by atoms with E-state index in [-0.39, 0.29) is 12.2 Å². The van der Waals surface area contributed by atoms with Gasteiger partial charge in [0.2, 0.25) is 0 Å². The van der Waals surface area contributed by atoms with Crippen molar-refractivity contribution in [1.82, 2.24) is 10.5 Å². The maximum Gasteiger partial charge on any atom is 0.414 e. The second-order valence-corrected chi connectivity index (χ2v) is 6.40. The molecule has 2 aromatic rings. The average Bonchev–Trinajstić information content (AvgIpc) is 3.16.